The average Bonchev–Trinajstić information content (AvgIpc) is 2.57. The third-order valence-electron chi connectivity index (χ3n) is 2.53. The predicted molar refractivity (Wildman–Crippen MR) is 63.8 cm³/mol. The second-order valence-electron chi connectivity index (χ2n) is 3.85. The van der Waals surface area contributed by atoms with Crippen LogP contribution in [-0.4, -0.2) is 30.3 Å². The summed E-state index contributed by atoms with van der Waals surface area (Å²) in [6, 6.07) is 4.48. The van der Waals surface area contributed by atoms with Gasteiger partial charge in [-0.1, -0.05) is 15.9 Å². The minimum atomic E-state index is -2.97. The molecule has 1 saturated heterocycles. The molecular formula is C11H10BrF2NO3. The molecule has 2 rings (SSSR count). The van der Waals surface area contributed by atoms with E-state index < -0.39 is 12.7 Å². The minimum Gasteiger partial charge on any atom is -0.433 e. The van der Waals surface area contributed by atoms with Crippen LogP contribution in [0.25, 0.3) is 0 Å². The van der Waals surface area contributed by atoms with Gasteiger partial charge in [-0.15, -0.1) is 0 Å². The van der Waals surface area contributed by atoms with Crippen LogP contribution in [0.3, 0.4) is 0 Å². The quantitative estimate of drug-likeness (QED) is 0.928. The number of carbonyl (C=O) groups excluding carboxylic acids is 1. The number of hydrogen-bond donors (Lipinski definition) is 1. The third-order valence-corrected chi connectivity index (χ3v) is 3.03. The predicted octanol–water partition coefficient (Wildman–Crippen LogP) is 2.15. The van der Waals surface area contributed by atoms with E-state index in [-0.39, 0.29) is 30.3 Å². The van der Waals surface area contributed by atoms with Crippen molar-refractivity contribution in [2.45, 2.75) is 19.1 Å². The Morgan fingerprint density at radius 3 is 2.78 bits per heavy atom. The number of aliphatic hydroxyl groups excluding tert-OH is 1. The molecule has 1 aromatic carbocycles. The maximum atomic E-state index is 12.3. The summed E-state index contributed by atoms with van der Waals surface area (Å²) in [6.45, 7) is -2.89. The summed E-state index contributed by atoms with van der Waals surface area (Å²) >= 11 is 3.14. The third kappa shape index (κ3) is 2.78. The Kier molecular flexibility index (Phi) is 3.82. The molecule has 0 radical (unpaired) electrons. The molecule has 0 aliphatic carbocycles. The van der Waals surface area contributed by atoms with Crippen LogP contribution in [0.2, 0.25) is 0 Å². The fraction of sp³-hybridized carbons (Fsp3) is 0.364. The Hall–Kier alpha value is -1.21. The van der Waals surface area contributed by atoms with E-state index in [1.165, 1.54) is 17.0 Å². The van der Waals surface area contributed by atoms with Gasteiger partial charge in [0.15, 0.2) is 5.75 Å². The molecular weight excluding hydrogens is 312 g/mol. The van der Waals surface area contributed by atoms with Gasteiger partial charge in [-0.2, -0.15) is 8.78 Å². The molecule has 1 aromatic rings. The van der Waals surface area contributed by atoms with Crippen molar-refractivity contribution < 1.29 is 23.4 Å². The number of halogens is 3. The molecule has 0 bridgehead atoms. The van der Waals surface area contributed by atoms with Crippen LogP contribution in [0, 0.1) is 0 Å². The number of benzene rings is 1. The fourth-order valence-electron chi connectivity index (χ4n) is 1.82. The molecule has 1 atom stereocenters. The summed E-state index contributed by atoms with van der Waals surface area (Å²) in [4.78, 5) is 12.9. The van der Waals surface area contributed by atoms with Crippen LogP contribution in [-0.2, 0) is 4.79 Å². The highest BCUT2D eigenvalue weighted by molar-refractivity contribution is 9.10. The number of β-amino-alcohol motifs (C(OH)–C–C–N with tert-alkyl or cyclic N) is 1. The second-order valence-corrected chi connectivity index (χ2v) is 4.77. The van der Waals surface area contributed by atoms with Crippen LogP contribution in [0.4, 0.5) is 14.5 Å². The second kappa shape index (κ2) is 5.19. The molecule has 1 heterocycles. The van der Waals surface area contributed by atoms with Gasteiger partial charge in [-0.3, -0.25) is 4.79 Å². The summed E-state index contributed by atoms with van der Waals surface area (Å²) in [7, 11) is 0. The lowest BCUT2D eigenvalue weighted by Gasteiger charge is -2.19. The average molecular weight is 322 g/mol. The van der Waals surface area contributed by atoms with Crippen molar-refractivity contribution in [3.8, 4) is 5.75 Å². The van der Waals surface area contributed by atoms with E-state index in [0.717, 1.165) is 0 Å². The van der Waals surface area contributed by atoms with Gasteiger partial charge in [0.2, 0.25) is 5.91 Å². The van der Waals surface area contributed by atoms with Crippen molar-refractivity contribution in [1.82, 2.24) is 0 Å². The van der Waals surface area contributed by atoms with Gasteiger partial charge < -0.3 is 14.7 Å². The largest absolute Gasteiger partial charge is 0.433 e. The van der Waals surface area contributed by atoms with Crippen molar-refractivity contribution in [3.05, 3.63) is 22.7 Å². The zero-order valence-electron chi connectivity index (χ0n) is 9.15. The van der Waals surface area contributed by atoms with E-state index in [2.05, 4.69) is 20.7 Å². The topological polar surface area (TPSA) is 49.8 Å². The number of anilines is 1. The van der Waals surface area contributed by atoms with E-state index in [0.29, 0.717) is 4.47 Å². The Balaban J connectivity index is 2.34. The minimum absolute atomic E-state index is 0.00974. The summed E-state index contributed by atoms with van der Waals surface area (Å²) in [5.74, 6) is -0.411. The fourth-order valence-corrected chi connectivity index (χ4v) is 2.16. The van der Waals surface area contributed by atoms with Gasteiger partial charge in [-0.05, 0) is 18.2 Å². The molecule has 0 aromatic heterocycles. The van der Waals surface area contributed by atoms with Gasteiger partial charge in [0, 0.05) is 4.47 Å². The molecule has 1 fully saturated rings. The highest BCUT2D eigenvalue weighted by Crippen LogP contribution is 2.34. The molecule has 1 N–H and O–H groups in total. The molecule has 1 aliphatic rings. The Labute approximate surface area is 110 Å². The molecule has 1 amide bonds. The highest BCUT2D eigenvalue weighted by Gasteiger charge is 2.31. The molecule has 98 valence electrons. The van der Waals surface area contributed by atoms with Gasteiger partial charge in [-0.25, -0.2) is 0 Å². The molecule has 0 spiro atoms. The monoisotopic (exact) mass is 321 g/mol. The zero-order chi connectivity index (χ0) is 13.3. The van der Waals surface area contributed by atoms with Crippen molar-refractivity contribution in [2.75, 3.05) is 11.4 Å². The van der Waals surface area contributed by atoms with Crippen molar-refractivity contribution >= 4 is 27.5 Å². The molecule has 1 unspecified atom stereocenters. The highest BCUT2D eigenvalue weighted by atomic mass is 79.9. The lowest BCUT2D eigenvalue weighted by molar-refractivity contribution is -0.117. The van der Waals surface area contributed by atoms with Crippen LogP contribution < -0.4 is 9.64 Å². The van der Waals surface area contributed by atoms with E-state index in [1.807, 2.05) is 0 Å². The SMILES string of the molecule is O=C1CC(O)CN1c1ccc(Br)cc1OC(F)F. The van der Waals surface area contributed by atoms with Gasteiger partial charge in [0.05, 0.1) is 24.8 Å². The van der Waals surface area contributed by atoms with E-state index in [9.17, 15) is 18.7 Å². The van der Waals surface area contributed by atoms with Crippen LogP contribution in [0.1, 0.15) is 6.42 Å². The summed E-state index contributed by atoms with van der Waals surface area (Å²) < 4.78 is 29.6. The normalized spacial score (nSPS) is 19.7. The molecule has 0 saturated carbocycles. The van der Waals surface area contributed by atoms with Gasteiger partial charge in [0.1, 0.15) is 0 Å². The molecule has 7 heteroatoms. The number of alkyl halides is 2. The lowest BCUT2D eigenvalue weighted by Crippen LogP contribution is -2.26. The van der Waals surface area contributed by atoms with Crippen molar-refractivity contribution in [1.29, 1.82) is 0 Å². The Morgan fingerprint density at radius 2 is 2.22 bits per heavy atom. The van der Waals surface area contributed by atoms with E-state index >= 15 is 0 Å². The lowest BCUT2D eigenvalue weighted by atomic mass is 10.2. The van der Waals surface area contributed by atoms with E-state index in [4.69, 9.17) is 0 Å². The first-order valence-corrected chi connectivity index (χ1v) is 5.99. The first kappa shape index (κ1) is 13.2. The molecule has 4 nitrogen and oxygen atoms in total. The number of carbonyl (C=O) groups is 1. The maximum Gasteiger partial charge on any atom is 0.387 e. The summed E-state index contributed by atoms with van der Waals surface area (Å²) in [5.41, 5.74) is 0.236. The smallest absolute Gasteiger partial charge is 0.387 e. The Bertz CT molecular complexity index is 470. The molecule has 18 heavy (non-hydrogen) atoms. The number of amides is 1. The standard InChI is InChI=1S/C11H10BrF2NO3/c12-6-1-2-8(9(3-6)18-11(13)14)15-5-7(16)4-10(15)17/h1-3,7,11,16H,4-5H2. The number of nitrogens with zero attached hydrogens (tertiary/aromatic N) is 1. The zero-order valence-corrected chi connectivity index (χ0v) is 10.7. The van der Waals surface area contributed by atoms with E-state index in [1.54, 1.807) is 6.07 Å². The van der Waals surface area contributed by atoms with Crippen molar-refractivity contribution in [2.24, 2.45) is 0 Å². The van der Waals surface area contributed by atoms with Crippen LogP contribution in [0.5, 0.6) is 5.75 Å². The Morgan fingerprint density at radius 1 is 1.50 bits per heavy atom. The summed E-state index contributed by atoms with van der Waals surface area (Å²) in [6.07, 6.45) is -0.787. The summed E-state index contributed by atoms with van der Waals surface area (Å²) in [5, 5.41) is 9.40. The maximum absolute atomic E-state index is 12.3. The van der Waals surface area contributed by atoms with Crippen LogP contribution in [0.15, 0.2) is 22.7 Å². The number of rotatable bonds is 3. The van der Waals surface area contributed by atoms with Gasteiger partial charge >= 0.3 is 6.61 Å². The van der Waals surface area contributed by atoms with Crippen LogP contribution >= 0.6 is 15.9 Å². The number of ether oxygens (including phenoxy) is 1. The van der Waals surface area contributed by atoms with Crippen molar-refractivity contribution in [3.63, 3.8) is 0 Å². The van der Waals surface area contributed by atoms with Gasteiger partial charge in [0.25, 0.3) is 0 Å². The molecule has 1 aliphatic heterocycles. The first-order valence-electron chi connectivity index (χ1n) is 5.20. The first-order chi connectivity index (χ1) is 8.47. The number of aliphatic hydroxyl groups is 1. The number of hydrogen-bond acceptors (Lipinski definition) is 3.